The number of nitrogen functional groups attached to an aromatic ring is 1. The van der Waals surface area contributed by atoms with Gasteiger partial charge in [0.15, 0.2) is 5.76 Å². The molecule has 1 fully saturated rings. The number of anilines is 1. The molecule has 1 aromatic carbocycles. The van der Waals surface area contributed by atoms with E-state index in [2.05, 4.69) is 13.8 Å². The maximum Gasteiger partial charge on any atom is 0.289 e. The fourth-order valence-corrected chi connectivity index (χ4v) is 3.41. The second-order valence-electron chi connectivity index (χ2n) is 6.56. The Bertz CT molecular complexity index is 716. The second kappa shape index (κ2) is 6.28. The summed E-state index contributed by atoms with van der Waals surface area (Å²) in [7, 11) is 0. The van der Waals surface area contributed by atoms with E-state index in [1.165, 1.54) is 0 Å². The summed E-state index contributed by atoms with van der Waals surface area (Å²) in [6.45, 7) is 5.93. The van der Waals surface area contributed by atoms with E-state index in [0.29, 0.717) is 34.1 Å². The third-order valence-corrected chi connectivity index (χ3v) is 4.60. The number of carbonyl (C=O) groups excluding carboxylic acids is 1. The van der Waals surface area contributed by atoms with Gasteiger partial charge in [0.25, 0.3) is 5.91 Å². The molecular weight excluding hydrogens is 312 g/mol. The number of nitrogens with two attached hydrogens (primary N) is 1. The van der Waals surface area contributed by atoms with E-state index in [-0.39, 0.29) is 5.91 Å². The van der Waals surface area contributed by atoms with E-state index in [0.717, 1.165) is 25.1 Å². The maximum absolute atomic E-state index is 12.6. The van der Waals surface area contributed by atoms with Crippen LogP contribution in [0.3, 0.4) is 0 Å². The number of piperidine rings is 1. The van der Waals surface area contributed by atoms with Crippen LogP contribution in [0.15, 0.2) is 34.7 Å². The van der Waals surface area contributed by atoms with Gasteiger partial charge in [-0.15, -0.1) is 0 Å². The third-order valence-electron chi connectivity index (χ3n) is 4.25. The van der Waals surface area contributed by atoms with Crippen LogP contribution in [-0.4, -0.2) is 23.9 Å². The quantitative estimate of drug-likeness (QED) is 0.834. The van der Waals surface area contributed by atoms with Gasteiger partial charge in [0, 0.05) is 18.7 Å². The predicted octanol–water partition coefficient (Wildman–Crippen LogP) is 4.30. The Morgan fingerprint density at radius 1 is 1.22 bits per heavy atom. The highest BCUT2D eigenvalue weighted by Gasteiger charge is 2.27. The molecule has 2 heterocycles. The Kier molecular flexibility index (Phi) is 4.35. The molecule has 122 valence electrons. The van der Waals surface area contributed by atoms with Crippen molar-refractivity contribution >= 4 is 23.2 Å². The number of hydrogen-bond donors (Lipinski definition) is 1. The van der Waals surface area contributed by atoms with E-state index >= 15 is 0 Å². The molecule has 1 aromatic heterocycles. The molecule has 5 heteroatoms. The van der Waals surface area contributed by atoms with Gasteiger partial charge in [0.1, 0.15) is 5.76 Å². The molecule has 0 saturated carbocycles. The SMILES string of the molecule is C[C@@H]1C[C@@H](C)CN(C(=O)c2ccc(-c3ccc(Cl)c(N)c3)o2)C1. The first-order valence-corrected chi connectivity index (χ1v) is 8.26. The summed E-state index contributed by atoms with van der Waals surface area (Å²) in [6, 6.07) is 8.83. The molecule has 0 unspecified atom stereocenters. The molecule has 3 rings (SSSR count). The zero-order valence-corrected chi connectivity index (χ0v) is 14.1. The topological polar surface area (TPSA) is 59.5 Å². The fraction of sp³-hybridized carbons (Fsp3) is 0.389. The first kappa shape index (κ1) is 15.9. The van der Waals surface area contributed by atoms with Crippen molar-refractivity contribution in [2.75, 3.05) is 18.8 Å². The largest absolute Gasteiger partial charge is 0.451 e. The molecule has 0 bridgehead atoms. The van der Waals surface area contributed by atoms with Gasteiger partial charge in [-0.3, -0.25) is 4.79 Å². The molecule has 0 aliphatic carbocycles. The number of halogens is 1. The molecular formula is C18H21ClN2O2. The Hall–Kier alpha value is -1.94. The first-order chi connectivity index (χ1) is 10.9. The third kappa shape index (κ3) is 3.37. The van der Waals surface area contributed by atoms with Gasteiger partial charge in [0.05, 0.1) is 10.7 Å². The Morgan fingerprint density at radius 3 is 2.57 bits per heavy atom. The molecule has 2 aromatic rings. The minimum Gasteiger partial charge on any atom is -0.451 e. The van der Waals surface area contributed by atoms with Crippen molar-refractivity contribution in [1.29, 1.82) is 0 Å². The van der Waals surface area contributed by atoms with Crippen molar-refractivity contribution in [2.24, 2.45) is 11.8 Å². The summed E-state index contributed by atoms with van der Waals surface area (Å²) >= 11 is 5.94. The first-order valence-electron chi connectivity index (χ1n) is 7.88. The maximum atomic E-state index is 12.6. The van der Waals surface area contributed by atoms with Crippen molar-refractivity contribution in [1.82, 2.24) is 4.90 Å². The highest BCUT2D eigenvalue weighted by Crippen LogP contribution is 2.29. The summed E-state index contributed by atoms with van der Waals surface area (Å²) < 4.78 is 5.76. The van der Waals surface area contributed by atoms with Crippen LogP contribution in [0, 0.1) is 11.8 Å². The highest BCUT2D eigenvalue weighted by atomic mass is 35.5. The van der Waals surface area contributed by atoms with E-state index in [4.69, 9.17) is 21.8 Å². The van der Waals surface area contributed by atoms with Gasteiger partial charge in [-0.25, -0.2) is 0 Å². The number of rotatable bonds is 2. The number of furan rings is 1. The highest BCUT2D eigenvalue weighted by molar-refractivity contribution is 6.33. The molecule has 23 heavy (non-hydrogen) atoms. The molecule has 4 nitrogen and oxygen atoms in total. The fourth-order valence-electron chi connectivity index (χ4n) is 3.29. The molecule has 0 spiro atoms. The van der Waals surface area contributed by atoms with Crippen molar-refractivity contribution < 1.29 is 9.21 Å². The van der Waals surface area contributed by atoms with Crippen molar-refractivity contribution in [2.45, 2.75) is 20.3 Å². The number of amides is 1. The minimum absolute atomic E-state index is 0.0448. The van der Waals surface area contributed by atoms with Gasteiger partial charge in [-0.1, -0.05) is 25.4 Å². The van der Waals surface area contributed by atoms with E-state index in [1.807, 2.05) is 11.0 Å². The second-order valence-corrected chi connectivity index (χ2v) is 6.96. The van der Waals surface area contributed by atoms with Gasteiger partial charge in [-0.05, 0) is 48.6 Å². The van der Waals surface area contributed by atoms with E-state index in [9.17, 15) is 4.79 Å². The molecule has 0 radical (unpaired) electrons. The van der Waals surface area contributed by atoms with E-state index in [1.54, 1.807) is 24.3 Å². The normalized spacial score (nSPS) is 21.4. The lowest BCUT2D eigenvalue weighted by Crippen LogP contribution is -2.42. The van der Waals surface area contributed by atoms with Crippen LogP contribution in [0.4, 0.5) is 5.69 Å². The number of carbonyl (C=O) groups is 1. The van der Waals surface area contributed by atoms with Crippen LogP contribution in [0.2, 0.25) is 5.02 Å². The number of benzene rings is 1. The van der Waals surface area contributed by atoms with Crippen LogP contribution >= 0.6 is 11.6 Å². The summed E-state index contributed by atoms with van der Waals surface area (Å²) in [5.74, 6) is 1.99. The Morgan fingerprint density at radius 2 is 1.91 bits per heavy atom. The van der Waals surface area contributed by atoms with Crippen LogP contribution in [-0.2, 0) is 0 Å². The molecule has 2 atom stereocenters. The van der Waals surface area contributed by atoms with Crippen LogP contribution in [0.5, 0.6) is 0 Å². The van der Waals surface area contributed by atoms with Crippen molar-refractivity contribution in [3.05, 3.63) is 41.1 Å². The zero-order chi connectivity index (χ0) is 16.6. The van der Waals surface area contributed by atoms with Crippen molar-refractivity contribution in [3.63, 3.8) is 0 Å². The van der Waals surface area contributed by atoms with Crippen LogP contribution < -0.4 is 5.73 Å². The smallest absolute Gasteiger partial charge is 0.289 e. The summed E-state index contributed by atoms with van der Waals surface area (Å²) in [5.41, 5.74) is 7.13. The number of likely N-dealkylation sites (tertiary alicyclic amines) is 1. The molecule has 1 amide bonds. The van der Waals surface area contributed by atoms with Crippen LogP contribution in [0.25, 0.3) is 11.3 Å². The summed E-state index contributed by atoms with van der Waals surface area (Å²) in [4.78, 5) is 14.5. The van der Waals surface area contributed by atoms with Crippen molar-refractivity contribution in [3.8, 4) is 11.3 Å². The lowest BCUT2D eigenvalue weighted by Gasteiger charge is -2.34. The average Bonchev–Trinajstić information content (AvgIpc) is 2.98. The number of nitrogens with zero attached hydrogens (tertiary/aromatic N) is 1. The summed E-state index contributed by atoms with van der Waals surface area (Å²) in [5, 5.41) is 0.507. The van der Waals surface area contributed by atoms with Gasteiger partial charge >= 0.3 is 0 Å². The zero-order valence-electron chi connectivity index (χ0n) is 13.4. The molecule has 1 aliphatic rings. The monoisotopic (exact) mass is 332 g/mol. The summed E-state index contributed by atoms with van der Waals surface area (Å²) in [6.07, 6.45) is 1.16. The molecule has 2 N–H and O–H groups in total. The lowest BCUT2D eigenvalue weighted by molar-refractivity contribution is 0.0592. The lowest BCUT2D eigenvalue weighted by atomic mass is 9.92. The Balaban J connectivity index is 1.81. The van der Waals surface area contributed by atoms with Gasteiger partial charge in [-0.2, -0.15) is 0 Å². The predicted molar refractivity (Wildman–Crippen MR) is 92.4 cm³/mol. The number of hydrogen-bond acceptors (Lipinski definition) is 3. The minimum atomic E-state index is -0.0448. The Labute approximate surface area is 141 Å². The van der Waals surface area contributed by atoms with Crippen LogP contribution in [0.1, 0.15) is 30.8 Å². The van der Waals surface area contributed by atoms with E-state index < -0.39 is 0 Å². The molecule has 1 aliphatic heterocycles. The van der Waals surface area contributed by atoms with Gasteiger partial charge in [0.2, 0.25) is 0 Å². The average molecular weight is 333 g/mol. The standard InChI is InChI=1S/C18H21ClN2O2/c1-11-7-12(2)10-21(9-11)18(22)17-6-5-16(23-17)13-3-4-14(19)15(20)8-13/h3-6,8,11-12H,7,9-10,20H2,1-2H3/t11-,12-/m1/s1. The molecule has 1 saturated heterocycles. The van der Waals surface area contributed by atoms with Gasteiger partial charge < -0.3 is 15.1 Å².